The van der Waals surface area contributed by atoms with E-state index in [-0.39, 0.29) is 0 Å². The summed E-state index contributed by atoms with van der Waals surface area (Å²) in [5, 5.41) is 0. The van der Waals surface area contributed by atoms with E-state index in [0.29, 0.717) is 5.82 Å². The molecule has 1 heterocycles. The Morgan fingerprint density at radius 1 is 1.42 bits per heavy atom. The first-order valence-corrected chi connectivity index (χ1v) is 4.14. The molecule has 0 amide bonds. The second kappa shape index (κ2) is 2.93. The van der Waals surface area contributed by atoms with Crippen molar-refractivity contribution in [3.8, 4) is 0 Å². The van der Waals surface area contributed by atoms with Crippen LogP contribution in [0, 0.1) is 0 Å². The van der Waals surface area contributed by atoms with E-state index < -0.39 is 0 Å². The van der Waals surface area contributed by atoms with Crippen LogP contribution in [0.5, 0.6) is 0 Å². The fourth-order valence-corrected chi connectivity index (χ4v) is 1.40. The molecule has 3 nitrogen and oxygen atoms in total. The summed E-state index contributed by atoms with van der Waals surface area (Å²) in [6.07, 6.45) is 7.34. The van der Waals surface area contributed by atoms with Gasteiger partial charge >= 0.3 is 0 Å². The molecular weight excluding hydrogens is 150 g/mol. The van der Waals surface area contributed by atoms with E-state index in [4.69, 9.17) is 5.73 Å². The molecule has 12 heavy (non-hydrogen) atoms. The first-order valence-electron chi connectivity index (χ1n) is 4.14. The summed E-state index contributed by atoms with van der Waals surface area (Å²) in [6, 6.07) is 1.71. The third-order valence-corrected chi connectivity index (χ3v) is 2.01. The van der Waals surface area contributed by atoms with E-state index in [0.717, 1.165) is 18.7 Å². The highest BCUT2D eigenvalue weighted by molar-refractivity contribution is 5.62. The van der Waals surface area contributed by atoms with Crippen molar-refractivity contribution < 1.29 is 0 Å². The van der Waals surface area contributed by atoms with Crippen LogP contribution in [0.25, 0.3) is 5.57 Å². The fourth-order valence-electron chi connectivity index (χ4n) is 1.40. The van der Waals surface area contributed by atoms with Gasteiger partial charge in [0.2, 0.25) is 0 Å². The maximum Gasteiger partial charge on any atom is 0.157 e. The largest absolute Gasteiger partial charge is 0.384 e. The Labute approximate surface area is 71.3 Å². The number of hydrogen-bond acceptors (Lipinski definition) is 3. The smallest absolute Gasteiger partial charge is 0.157 e. The molecule has 62 valence electrons. The normalized spacial score (nSPS) is 16.2. The van der Waals surface area contributed by atoms with Crippen LogP contribution in [0.1, 0.15) is 25.1 Å². The molecule has 0 saturated carbocycles. The van der Waals surface area contributed by atoms with Crippen LogP contribution in [0.2, 0.25) is 0 Å². The number of allylic oxidation sites excluding steroid dienone is 2. The second-order valence-electron chi connectivity index (χ2n) is 2.93. The molecule has 0 bridgehead atoms. The van der Waals surface area contributed by atoms with Crippen LogP contribution in [-0.4, -0.2) is 9.97 Å². The van der Waals surface area contributed by atoms with Crippen molar-refractivity contribution >= 4 is 11.4 Å². The Kier molecular flexibility index (Phi) is 1.78. The Bertz CT molecular complexity index is 317. The van der Waals surface area contributed by atoms with E-state index in [2.05, 4.69) is 16.0 Å². The van der Waals surface area contributed by atoms with Gasteiger partial charge < -0.3 is 5.73 Å². The van der Waals surface area contributed by atoms with Crippen molar-refractivity contribution in [3.05, 3.63) is 24.2 Å². The molecule has 1 aliphatic carbocycles. The topological polar surface area (TPSA) is 51.8 Å². The van der Waals surface area contributed by atoms with E-state index in [1.807, 2.05) is 0 Å². The number of nitrogens with two attached hydrogens (primary N) is 1. The first-order chi connectivity index (χ1) is 5.86. The molecular formula is C9H11N3. The lowest BCUT2D eigenvalue weighted by atomic mass is 10.2. The summed E-state index contributed by atoms with van der Waals surface area (Å²) >= 11 is 0. The summed E-state index contributed by atoms with van der Waals surface area (Å²) in [6.45, 7) is 0. The highest BCUT2D eigenvalue weighted by Gasteiger charge is 2.09. The minimum atomic E-state index is 0.549. The van der Waals surface area contributed by atoms with Crippen molar-refractivity contribution in [1.29, 1.82) is 0 Å². The molecule has 1 aromatic heterocycles. The summed E-state index contributed by atoms with van der Waals surface area (Å²) in [5.41, 5.74) is 6.79. The standard InChI is InChI=1S/C9H11N3/c10-8-5-6-11-9(12-8)7-3-1-2-4-7/h3,5-6H,1-2,4H2,(H2,10,11,12). The van der Waals surface area contributed by atoms with Gasteiger partial charge in [-0.2, -0.15) is 0 Å². The summed E-state index contributed by atoms with van der Waals surface area (Å²) in [4.78, 5) is 8.32. The predicted molar refractivity (Wildman–Crippen MR) is 48.3 cm³/mol. The molecule has 0 saturated heterocycles. The van der Waals surface area contributed by atoms with E-state index in [1.54, 1.807) is 12.3 Å². The zero-order chi connectivity index (χ0) is 8.39. The SMILES string of the molecule is Nc1ccnc(C2=CCCC2)n1. The number of hydrogen-bond donors (Lipinski definition) is 1. The van der Waals surface area contributed by atoms with Gasteiger partial charge in [-0.25, -0.2) is 9.97 Å². The van der Waals surface area contributed by atoms with E-state index in [1.165, 1.54) is 12.0 Å². The minimum Gasteiger partial charge on any atom is -0.384 e. The molecule has 3 heteroatoms. The van der Waals surface area contributed by atoms with Gasteiger partial charge in [-0.05, 0) is 30.9 Å². The Balaban J connectivity index is 2.33. The molecule has 0 aliphatic heterocycles. The van der Waals surface area contributed by atoms with Crippen LogP contribution < -0.4 is 5.73 Å². The molecule has 0 radical (unpaired) electrons. The lowest BCUT2D eigenvalue weighted by molar-refractivity contribution is 0.928. The maximum absolute atomic E-state index is 5.55. The molecule has 0 spiro atoms. The van der Waals surface area contributed by atoms with Gasteiger partial charge in [0.05, 0.1) is 0 Å². The third-order valence-electron chi connectivity index (χ3n) is 2.01. The zero-order valence-corrected chi connectivity index (χ0v) is 6.83. The molecule has 0 aromatic carbocycles. The number of aromatic nitrogens is 2. The van der Waals surface area contributed by atoms with Crippen molar-refractivity contribution in [3.63, 3.8) is 0 Å². The average Bonchev–Trinajstić information content (AvgIpc) is 2.56. The van der Waals surface area contributed by atoms with Crippen molar-refractivity contribution in [2.75, 3.05) is 5.73 Å². The maximum atomic E-state index is 5.55. The van der Waals surface area contributed by atoms with Crippen LogP contribution in [0.4, 0.5) is 5.82 Å². The molecule has 0 atom stereocenters. The van der Waals surface area contributed by atoms with Gasteiger partial charge in [0.15, 0.2) is 5.82 Å². The highest BCUT2D eigenvalue weighted by atomic mass is 14.9. The molecule has 2 N–H and O–H groups in total. The van der Waals surface area contributed by atoms with Gasteiger partial charge in [0.25, 0.3) is 0 Å². The minimum absolute atomic E-state index is 0.549. The Morgan fingerprint density at radius 2 is 2.33 bits per heavy atom. The zero-order valence-electron chi connectivity index (χ0n) is 6.83. The number of nitrogens with zero attached hydrogens (tertiary/aromatic N) is 2. The lowest BCUT2D eigenvalue weighted by Crippen LogP contribution is -1.96. The Morgan fingerprint density at radius 3 is 3.00 bits per heavy atom. The first kappa shape index (κ1) is 7.28. The van der Waals surface area contributed by atoms with Crippen molar-refractivity contribution in [2.24, 2.45) is 0 Å². The number of nitrogen functional groups attached to an aromatic ring is 1. The van der Waals surface area contributed by atoms with E-state index in [9.17, 15) is 0 Å². The lowest BCUT2D eigenvalue weighted by Gasteiger charge is -1.99. The molecule has 2 rings (SSSR count). The summed E-state index contributed by atoms with van der Waals surface area (Å²) < 4.78 is 0. The molecule has 1 aliphatic rings. The molecule has 0 unspecified atom stereocenters. The predicted octanol–water partition coefficient (Wildman–Crippen LogP) is 1.63. The number of rotatable bonds is 1. The van der Waals surface area contributed by atoms with Crippen LogP contribution in [-0.2, 0) is 0 Å². The van der Waals surface area contributed by atoms with Gasteiger partial charge in [-0.15, -0.1) is 0 Å². The van der Waals surface area contributed by atoms with Gasteiger partial charge in [0.1, 0.15) is 5.82 Å². The van der Waals surface area contributed by atoms with Crippen LogP contribution >= 0.6 is 0 Å². The molecule has 0 fully saturated rings. The van der Waals surface area contributed by atoms with Crippen LogP contribution in [0.3, 0.4) is 0 Å². The number of anilines is 1. The monoisotopic (exact) mass is 161 g/mol. The average molecular weight is 161 g/mol. The van der Waals surface area contributed by atoms with Gasteiger partial charge in [-0.3, -0.25) is 0 Å². The molecule has 1 aromatic rings. The van der Waals surface area contributed by atoms with Crippen molar-refractivity contribution in [2.45, 2.75) is 19.3 Å². The summed E-state index contributed by atoms with van der Waals surface area (Å²) in [7, 11) is 0. The van der Waals surface area contributed by atoms with E-state index >= 15 is 0 Å². The van der Waals surface area contributed by atoms with Crippen molar-refractivity contribution in [1.82, 2.24) is 9.97 Å². The summed E-state index contributed by atoms with van der Waals surface area (Å²) in [5.74, 6) is 1.35. The van der Waals surface area contributed by atoms with Gasteiger partial charge in [-0.1, -0.05) is 6.08 Å². The Hall–Kier alpha value is -1.38. The van der Waals surface area contributed by atoms with Gasteiger partial charge in [0, 0.05) is 6.20 Å². The van der Waals surface area contributed by atoms with Crippen LogP contribution in [0.15, 0.2) is 18.3 Å². The third kappa shape index (κ3) is 1.30. The quantitative estimate of drug-likeness (QED) is 0.681. The fraction of sp³-hybridized carbons (Fsp3) is 0.333. The second-order valence-corrected chi connectivity index (χ2v) is 2.93. The highest BCUT2D eigenvalue weighted by Crippen LogP contribution is 2.24.